The second kappa shape index (κ2) is 3.55. The van der Waals surface area contributed by atoms with Gasteiger partial charge in [-0.2, -0.15) is 0 Å². The predicted molar refractivity (Wildman–Crippen MR) is 47.9 cm³/mol. The Morgan fingerprint density at radius 2 is 2.38 bits per heavy atom. The molecule has 0 fully saturated rings. The highest BCUT2D eigenvalue weighted by molar-refractivity contribution is 5.75. The molecule has 2 rings (SSSR count). The molecular weight excluding hydrogens is 168 g/mol. The van der Waals surface area contributed by atoms with Crippen molar-refractivity contribution in [3.8, 4) is 0 Å². The SMILES string of the molecule is NOCCc1cccc2ocnc12. The largest absolute Gasteiger partial charge is 0.443 e. The highest BCUT2D eigenvalue weighted by atomic mass is 16.6. The molecule has 68 valence electrons. The molecule has 0 saturated carbocycles. The van der Waals surface area contributed by atoms with Crippen molar-refractivity contribution in [2.45, 2.75) is 6.42 Å². The molecule has 0 atom stereocenters. The molecule has 0 saturated heterocycles. The summed E-state index contributed by atoms with van der Waals surface area (Å²) < 4.78 is 5.16. The smallest absolute Gasteiger partial charge is 0.181 e. The standard InChI is InChI=1S/C9H10N2O2/c10-13-5-4-7-2-1-3-8-9(7)11-6-12-8/h1-3,6H,4-5,10H2. The zero-order valence-electron chi connectivity index (χ0n) is 7.06. The van der Waals surface area contributed by atoms with Gasteiger partial charge in [0.15, 0.2) is 12.0 Å². The van der Waals surface area contributed by atoms with Gasteiger partial charge in [-0.15, -0.1) is 0 Å². The Balaban J connectivity index is 2.37. The van der Waals surface area contributed by atoms with Gasteiger partial charge in [0.2, 0.25) is 0 Å². The average molecular weight is 178 g/mol. The van der Waals surface area contributed by atoms with Crippen LogP contribution < -0.4 is 5.90 Å². The third-order valence-electron chi connectivity index (χ3n) is 1.93. The fourth-order valence-corrected chi connectivity index (χ4v) is 1.32. The fraction of sp³-hybridized carbons (Fsp3) is 0.222. The maximum absolute atomic E-state index is 5.16. The van der Waals surface area contributed by atoms with Crippen molar-refractivity contribution in [1.29, 1.82) is 0 Å². The minimum absolute atomic E-state index is 0.492. The van der Waals surface area contributed by atoms with E-state index in [1.807, 2.05) is 18.2 Å². The van der Waals surface area contributed by atoms with Gasteiger partial charge in [-0.3, -0.25) is 0 Å². The molecule has 0 amide bonds. The minimum Gasteiger partial charge on any atom is -0.443 e. The fourth-order valence-electron chi connectivity index (χ4n) is 1.32. The van der Waals surface area contributed by atoms with Gasteiger partial charge in [0.1, 0.15) is 5.52 Å². The number of nitrogens with two attached hydrogens (primary N) is 1. The number of para-hydroxylation sites is 1. The molecule has 4 heteroatoms. The van der Waals surface area contributed by atoms with Gasteiger partial charge in [0.05, 0.1) is 6.61 Å². The zero-order chi connectivity index (χ0) is 9.10. The summed E-state index contributed by atoms with van der Waals surface area (Å²) in [5.74, 6) is 4.95. The van der Waals surface area contributed by atoms with Crippen molar-refractivity contribution in [3.05, 3.63) is 30.2 Å². The number of oxazole rings is 1. The van der Waals surface area contributed by atoms with Gasteiger partial charge in [-0.1, -0.05) is 12.1 Å². The molecule has 0 spiro atoms. The first kappa shape index (κ1) is 8.22. The van der Waals surface area contributed by atoms with Crippen molar-refractivity contribution in [1.82, 2.24) is 4.98 Å². The molecule has 2 N–H and O–H groups in total. The molecule has 0 radical (unpaired) electrons. The van der Waals surface area contributed by atoms with E-state index >= 15 is 0 Å². The van der Waals surface area contributed by atoms with Crippen LogP contribution in [0.25, 0.3) is 11.1 Å². The van der Waals surface area contributed by atoms with Crippen LogP contribution in [0.1, 0.15) is 5.56 Å². The third-order valence-corrected chi connectivity index (χ3v) is 1.93. The Morgan fingerprint density at radius 3 is 3.23 bits per heavy atom. The van der Waals surface area contributed by atoms with Gasteiger partial charge < -0.3 is 9.25 Å². The van der Waals surface area contributed by atoms with Gasteiger partial charge in [-0.25, -0.2) is 10.9 Å². The van der Waals surface area contributed by atoms with Gasteiger partial charge >= 0.3 is 0 Å². The molecule has 0 aliphatic carbocycles. The van der Waals surface area contributed by atoms with Crippen LogP contribution in [0.2, 0.25) is 0 Å². The summed E-state index contributed by atoms with van der Waals surface area (Å²) in [7, 11) is 0. The Morgan fingerprint density at radius 1 is 1.46 bits per heavy atom. The van der Waals surface area contributed by atoms with Crippen LogP contribution in [-0.4, -0.2) is 11.6 Å². The summed E-state index contributed by atoms with van der Waals surface area (Å²) in [6.45, 7) is 0.492. The first-order valence-corrected chi connectivity index (χ1v) is 4.04. The van der Waals surface area contributed by atoms with Crippen molar-refractivity contribution in [3.63, 3.8) is 0 Å². The van der Waals surface area contributed by atoms with Crippen molar-refractivity contribution in [2.75, 3.05) is 6.61 Å². The Labute approximate surface area is 75.3 Å². The van der Waals surface area contributed by atoms with E-state index < -0.39 is 0 Å². The van der Waals surface area contributed by atoms with E-state index in [0.717, 1.165) is 23.1 Å². The highest BCUT2D eigenvalue weighted by Crippen LogP contribution is 2.16. The maximum Gasteiger partial charge on any atom is 0.181 e. The van der Waals surface area contributed by atoms with Crippen LogP contribution in [-0.2, 0) is 11.3 Å². The van der Waals surface area contributed by atoms with Gasteiger partial charge in [0, 0.05) is 6.42 Å². The second-order valence-corrected chi connectivity index (χ2v) is 2.74. The van der Waals surface area contributed by atoms with Crippen LogP contribution in [0.15, 0.2) is 29.0 Å². The molecule has 1 aromatic heterocycles. The van der Waals surface area contributed by atoms with Crippen LogP contribution in [0.4, 0.5) is 0 Å². The Bertz CT molecular complexity index is 397. The van der Waals surface area contributed by atoms with Gasteiger partial charge in [-0.05, 0) is 11.6 Å². The minimum atomic E-state index is 0.492. The summed E-state index contributed by atoms with van der Waals surface area (Å²) in [6.07, 6.45) is 2.19. The second-order valence-electron chi connectivity index (χ2n) is 2.74. The molecule has 0 unspecified atom stereocenters. The van der Waals surface area contributed by atoms with E-state index in [0.29, 0.717) is 6.61 Å². The lowest BCUT2D eigenvalue weighted by atomic mass is 10.1. The number of aromatic nitrogens is 1. The first-order valence-electron chi connectivity index (χ1n) is 4.04. The van der Waals surface area contributed by atoms with E-state index in [9.17, 15) is 0 Å². The number of benzene rings is 1. The highest BCUT2D eigenvalue weighted by Gasteiger charge is 2.03. The summed E-state index contributed by atoms with van der Waals surface area (Å²) in [5, 5.41) is 0. The van der Waals surface area contributed by atoms with E-state index in [1.165, 1.54) is 6.39 Å². The molecule has 13 heavy (non-hydrogen) atoms. The topological polar surface area (TPSA) is 61.3 Å². The number of rotatable bonds is 3. The first-order chi connectivity index (χ1) is 6.42. The monoisotopic (exact) mass is 178 g/mol. The average Bonchev–Trinajstić information content (AvgIpc) is 2.62. The van der Waals surface area contributed by atoms with E-state index in [-0.39, 0.29) is 0 Å². The molecule has 0 aliphatic rings. The third kappa shape index (κ3) is 1.54. The number of hydrogen-bond donors (Lipinski definition) is 1. The van der Waals surface area contributed by atoms with E-state index in [4.69, 9.17) is 10.3 Å². The lowest BCUT2D eigenvalue weighted by Crippen LogP contribution is -2.03. The van der Waals surface area contributed by atoms with Crippen LogP contribution in [0.3, 0.4) is 0 Å². The molecule has 0 bridgehead atoms. The van der Waals surface area contributed by atoms with Crippen molar-refractivity contribution < 1.29 is 9.25 Å². The summed E-state index contributed by atoms with van der Waals surface area (Å²) in [6, 6.07) is 5.80. The molecule has 0 aliphatic heterocycles. The lowest BCUT2D eigenvalue weighted by molar-refractivity contribution is 0.141. The molecule has 1 aromatic carbocycles. The van der Waals surface area contributed by atoms with E-state index in [1.54, 1.807) is 0 Å². The number of hydrogen-bond acceptors (Lipinski definition) is 4. The predicted octanol–water partition coefficient (Wildman–Crippen LogP) is 1.26. The molecule has 1 heterocycles. The number of fused-ring (bicyclic) bond motifs is 1. The summed E-state index contributed by atoms with van der Waals surface area (Å²) in [5.41, 5.74) is 2.78. The van der Waals surface area contributed by atoms with Crippen molar-refractivity contribution in [2.24, 2.45) is 5.90 Å². The van der Waals surface area contributed by atoms with Crippen LogP contribution in [0.5, 0.6) is 0 Å². The van der Waals surface area contributed by atoms with Crippen molar-refractivity contribution >= 4 is 11.1 Å². The van der Waals surface area contributed by atoms with Gasteiger partial charge in [0.25, 0.3) is 0 Å². The normalized spacial score (nSPS) is 10.8. The van der Waals surface area contributed by atoms with E-state index in [2.05, 4.69) is 9.82 Å². The zero-order valence-corrected chi connectivity index (χ0v) is 7.06. The quantitative estimate of drug-likeness (QED) is 0.719. The Hall–Kier alpha value is -1.39. The molecule has 2 aromatic rings. The molecular formula is C9H10N2O2. The summed E-state index contributed by atoms with van der Waals surface area (Å²) in [4.78, 5) is 8.62. The summed E-state index contributed by atoms with van der Waals surface area (Å²) >= 11 is 0. The Kier molecular flexibility index (Phi) is 2.25. The van der Waals surface area contributed by atoms with Crippen LogP contribution >= 0.6 is 0 Å². The molecule has 4 nitrogen and oxygen atoms in total. The van der Waals surface area contributed by atoms with Crippen LogP contribution in [0, 0.1) is 0 Å². The maximum atomic E-state index is 5.16. The number of nitrogens with zero attached hydrogens (tertiary/aromatic N) is 1. The lowest BCUT2D eigenvalue weighted by Gasteiger charge is -1.99.